The lowest BCUT2D eigenvalue weighted by molar-refractivity contribution is -0.153. The topological polar surface area (TPSA) is 43.4 Å². The van der Waals surface area contributed by atoms with Crippen LogP contribution in [0.2, 0.25) is 0 Å². The van der Waals surface area contributed by atoms with Gasteiger partial charge in [-0.1, -0.05) is 12.1 Å². The van der Waals surface area contributed by atoms with E-state index in [1.165, 1.54) is 0 Å². The standard InChI is InChI=1S/C13H14BrIO3/c1-13(2,3)18-11(17)7-10(16)8-5-4-6-9(14)12(8)15/h4-6H,7H2,1-3H3. The molecule has 18 heavy (non-hydrogen) atoms. The molecule has 3 nitrogen and oxygen atoms in total. The molecular formula is C13H14BrIO3. The van der Waals surface area contributed by atoms with Crippen molar-refractivity contribution in [3.8, 4) is 0 Å². The number of hydrogen-bond acceptors (Lipinski definition) is 3. The molecular weight excluding hydrogens is 411 g/mol. The van der Waals surface area contributed by atoms with Crippen molar-refractivity contribution >= 4 is 50.3 Å². The summed E-state index contributed by atoms with van der Waals surface area (Å²) in [5.74, 6) is -0.724. The lowest BCUT2D eigenvalue weighted by atomic mass is 10.1. The van der Waals surface area contributed by atoms with Crippen LogP contribution in [0.15, 0.2) is 22.7 Å². The van der Waals surface area contributed by atoms with Gasteiger partial charge in [0.25, 0.3) is 0 Å². The van der Waals surface area contributed by atoms with Crippen LogP contribution < -0.4 is 0 Å². The number of hydrogen-bond donors (Lipinski definition) is 0. The molecule has 0 aliphatic heterocycles. The molecule has 0 unspecified atom stereocenters. The molecule has 1 aromatic carbocycles. The number of carbonyl (C=O) groups excluding carboxylic acids is 2. The van der Waals surface area contributed by atoms with Crippen LogP contribution in [0, 0.1) is 3.57 Å². The Morgan fingerprint density at radius 3 is 2.50 bits per heavy atom. The van der Waals surface area contributed by atoms with Crippen LogP contribution in [0.5, 0.6) is 0 Å². The van der Waals surface area contributed by atoms with Gasteiger partial charge in [0.2, 0.25) is 0 Å². The number of ether oxygens (including phenoxy) is 1. The van der Waals surface area contributed by atoms with Crippen molar-refractivity contribution < 1.29 is 14.3 Å². The molecule has 0 spiro atoms. The highest BCUT2D eigenvalue weighted by molar-refractivity contribution is 14.1. The predicted octanol–water partition coefficient (Wildman–Crippen LogP) is 3.97. The molecule has 0 bridgehead atoms. The SMILES string of the molecule is CC(C)(C)OC(=O)CC(=O)c1cccc(Br)c1I. The van der Waals surface area contributed by atoms with Crippen molar-refractivity contribution in [3.05, 3.63) is 31.8 Å². The van der Waals surface area contributed by atoms with Crippen LogP contribution in [0.1, 0.15) is 37.6 Å². The van der Waals surface area contributed by atoms with Crippen molar-refractivity contribution in [1.82, 2.24) is 0 Å². The summed E-state index contributed by atoms with van der Waals surface area (Å²) in [7, 11) is 0. The average Bonchev–Trinajstić information content (AvgIpc) is 2.18. The first kappa shape index (κ1) is 15.6. The lowest BCUT2D eigenvalue weighted by Crippen LogP contribution is -2.25. The lowest BCUT2D eigenvalue weighted by Gasteiger charge is -2.19. The number of benzene rings is 1. The normalized spacial score (nSPS) is 11.2. The Labute approximate surface area is 129 Å². The fourth-order valence-corrected chi connectivity index (χ4v) is 2.35. The van der Waals surface area contributed by atoms with Gasteiger partial charge in [-0.3, -0.25) is 9.59 Å². The van der Waals surface area contributed by atoms with Gasteiger partial charge in [0, 0.05) is 13.6 Å². The summed E-state index contributed by atoms with van der Waals surface area (Å²) in [6.45, 7) is 5.33. The molecule has 0 atom stereocenters. The van der Waals surface area contributed by atoms with E-state index in [1.54, 1.807) is 32.9 Å². The van der Waals surface area contributed by atoms with Crippen LogP contribution in [0.3, 0.4) is 0 Å². The van der Waals surface area contributed by atoms with Gasteiger partial charge in [0.05, 0.1) is 0 Å². The molecule has 98 valence electrons. The van der Waals surface area contributed by atoms with E-state index < -0.39 is 11.6 Å². The molecule has 0 aliphatic carbocycles. The van der Waals surface area contributed by atoms with Crippen LogP contribution in [0.25, 0.3) is 0 Å². The fraction of sp³-hybridized carbons (Fsp3) is 0.385. The van der Waals surface area contributed by atoms with Crippen LogP contribution in [-0.2, 0) is 9.53 Å². The van der Waals surface area contributed by atoms with E-state index in [2.05, 4.69) is 38.5 Å². The Bertz CT molecular complexity index is 478. The Kier molecular flexibility index (Phi) is 5.33. The molecule has 1 aromatic rings. The zero-order chi connectivity index (χ0) is 13.9. The Morgan fingerprint density at radius 1 is 1.33 bits per heavy atom. The summed E-state index contributed by atoms with van der Waals surface area (Å²) in [6, 6.07) is 5.33. The summed E-state index contributed by atoms with van der Waals surface area (Å²) in [4.78, 5) is 23.6. The molecule has 1 rings (SSSR count). The van der Waals surface area contributed by atoms with Gasteiger partial charge >= 0.3 is 5.97 Å². The van der Waals surface area contributed by atoms with Crippen molar-refractivity contribution in [2.24, 2.45) is 0 Å². The zero-order valence-electron chi connectivity index (χ0n) is 10.4. The van der Waals surface area contributed by atoms with Gasteiger partial charge in [-0.25, -0.2) is 0 Å². The minimum absolute atomic E-state index is 0.227. The van der Waals surface area contributed by atoms with Gasteiger partial charge < -0.3 is 4.74 Å². The molecule has 0 amide bonds. The third-order valence-corrected chi connectivity index (χ3v) is 4.54. The first-order valence-corrected chi connectivity index (χ1v) is 7.27. The summed E-state index contributed by atoms with van der Waals surface area (Å²) in [5, 5.41) is 0. The molecule has 0 radical (unpaired) electrons. The summed E-state index contributed by atoms with van der Waals surface area (Å²) in [6.07, 6.45) is -0.232. The van der Waals surface area contributed by atoms with Crippen molar-refractivity contribution in [3.63, 3.8) is 0 Å². The Balaban J connectivity index is 2.78. The molecule has 0 saturated carbocycles. The summed E-state index contributed by atoms with van der Waals surface area (Å²) >= 11 is 5.43. The molecule has 5 heteroatoms. The molecule has 0 heterocycles. The van der Waals surface area contributed by atoms with Crippen LogP contribution >= 0.6 is 38.5 Å². The number of halogens is 2. The summed E-state index contributed by atoms with van der Waals surface area (Å²) in [5.41, 5.74) is -0.0299. The quantitative estimate of drug-likeness (QED) is 0.319. The van der Waals surface area contributed by atoms with Gasteiger partial charge in [0.15, 0.2) is 5.78 Å². The van der Waals surface area contributed by atoms with E-state index in [4.69, 9.17) is 4.74 Å². The molecule has 0 saturated heterocycles. The zero-order valence-corrected chi connectivity index (χ0v) is 14.2. The third kappa shape index (κ3) is 4.68. The van der Waals surface area contributed by atoms with Crippen LogP contribution in [-0.4, -0.2) is 17.4 Å². The first-order chi connectivity index (χ1) is 8.20. The molecule has 0 aromatic heterocycles. The van der Waals surface area contributed by atoms with E-state index in [1.807, 2.05) is 6.07 Å². The van der Waals surface area contributed by atoms with Crippen LogP contribution in [0.4, 0.5) is 0 Å². The maximum Gasteiger partial charge on any atom is 0.314 e. The number of Topliss-reactive ketones (excluding diaryl/α,β-unsaturated/α-hetero) is 1. The van der Waals surface area contributed by atoms with Gasteiger partial charge in [-0.15, -0.1) is 0 Å². The monoisotopic (exact) mass is 424 g/mol. The maximum atomic E-state index is 12.0. The number of esters is 1. The number of rotatable bonds is 3. The number of ketones is 1. The minimum atomic E-state index is -0.568. The van der Waals surface area contributed by atoms with E-state index >= 15 is 0 Å². The largest absolute Gasteiger partial charge is 0.460 e. The van der Waals surface area contributed by atoms with Crippen molar-refractivity contribution in [2.45, 2.75) is 32.8 Å². The predicted molar refractivity (Wildman–Crippen MR) is 81.7 cm³/mol. The highest BCUT2D eigenvalue weighted by Crippen LogP contribution is 2.23. The van der Waals surface area contributed by atoms with Gasteiger partial charge in [-0.05, 0) is 65.4 Å². The first-order valence-electron chi connectivity index (χ1n) is 5.40. The second kappa shape index (κ2) is 6.14. The highest BCUT2D eigenvalue weighted by Gasteiger charge is 2.21. The Morgan fingerprint density at radius 2 is 1.94 bits per heavy atom. The van der Waals surface area contributed by atoms with Gasteiger partial charge in [-0.2, -0.15) is 0 Å². The second-order valence-corrected chi connectivity index (χ2v) is 6.72. The smallest absolute Gasteiger partial charge is 0.314 e. The number of carbonyl (C=O) groups is 2. The third-order valence-electron chi connectivity index (χ3n) is 1.98. The average molecular weight is 425 g/mol. The minimum Gasteiger partial charge on any atom is -0.460 e. The van der Waals surface area contributed by atoms with E-state index in [0.717, 1.165) is 8.04 Å². The maximum absolute atomic E-state index is 12.0. The Hall–Kier alpha value is -0.430. The highest BCUT2D eigenvalue weighted by atomic mass is 127. The fourth-order valence-electron chi connectivity index (χ4n) is 1.32. The second-order valence-electron chi connectivity index (χ2n) is 4.79. The van der Waals surface area contributed by atoms with E-state index in [9.17, 15) is 9.59 Å². The van der Waals surface area contributed by atoms with Crippen molar-refractivity contribution in [2.75, 3.05) is 0 Å². The van der Waals surface area contributed by atoms with E-state index in [0.29, 0.717) is 5.56 Å². The molecule has 0 aliphatic rings. The molecule has 0 N–H and O–H groups in total. The van der Waals surface area contributed by atoms with Gasteiger partial charge in [0.1, 0.15) is 12.0 Å². The summed E-state index contributed by atoms with van der Waals surface area (Å²) < 4.78 is 6.78. The van der Waals surface area contributed by atoms with Crippen molar-refractivity contribution in [1.29, 1.82) is 0 Å². The van der Waals surface area contributed by atoms with E-state index in [-0.39, 0.29) is 12.2 Å². The molecule has 0 fully saturated rings.